The average molecular weight is 350 g/mol. The molecule has 0 bridgehead atoms. The zero-order valence-electron chi connectivity index (χ0n) is 8.79. The minimum absolute atomic E-state index is 7.59. The highest BCUT2D eigenvalue weighted by Gasteiger charge is 3.10. The number of alkyl halides is 14. The molecule has 0 radical (unpaired) electrons. The molecule has 0 amide bonds. The van der Waals surface area contributed by atoms with Crippen molar-refractivity contribution in [1.82, 2.24) is 0 Å². The standard InChI is InChI=1S/C7F14/c8-2(9)1(6(16,17)18,7(19,20)21)3(10,11)5(14,15)4(2,12)13. The van der Waals surface area contributed by atoms with E-state index in [9.17, 15) is 61.5 Å². The predicted octanol–water partition coefficient (Wildman–Crippen LogP) is 4.65. The maximum Gasteiger partial charge on any atom is 0.415 e. The Balaban J connectivity index is 4.06. The molecule has 1 aliphatic carbocycles. The lowest BCUT2D eigenvalue weighted by atomic mass is 9.78. The van der Waals surface area contributed by atoms with E-state index in [0.29, 0.717) is 0 Å². The normalized spacial score (nSPS) is 29.4. The van der Waals surface area contributed by atoms with Crippen molar-refractivity contribution in [2.75, 3.05) is 0 Å². The topological polar surface area (TPSA) is 0 Å². The van der Waals surface area contributed by atoms with Crippen molar-refractivity contribution in [3.8, 4) is 0 Å². The van der Waals surface area contributed by atoms with E-state index >= 15 is 0 Å². The van der Waals surface area contributed by atoms with E-state index in [0.717, 1.165) is 0 Å². The molecule has 14 heteroatoms. The first kappa shape index (κ1) is 18.1. The van der Waals surface area contributed by atoms with Crippen molar-refractivity contribution in [1.29, 1.82) is 0 Å². The molecule has 0 aliphatic heterocycles. The molecule has 0 saturated heterocycles. The Kier molecular flexibility index (Phi) is 3.16. The Labute approximate surface area is 104 Å². The van der Waals surface area contributed by atoms with Crippen molar-refractivity contribution in [3.63, 3.8) is 0 Å². The molecule has 0 aromatic heterocycles. The molecule has 0 unspecified atom stereocenters. The van der Waals surface area contributed by atoms with Crippen LogP contribution in [0.1, 0.15) is 0 Å². The SMILES string of the molecule is FC(F)(F)C1(C(F)(F)F)C(F)(F)C(F)(F)C(F)(F)C1(F)F. The molecular formula is C7F14. The molecule has 0 nitrogen and oxygen atoms in total. The summed E-state index contributed by atoms with van der Waals surface area (Å²) in [5.74, 6) is -30.9. The summed E-state index contributed by atoms with van der Waals surface area (Å²) in [6.07, 6.45) is -15.7. The Morgan fingerprint density at radius 3 is 0.667 bits per heavy atom. The van der Waals surface area contributed by atoms with Crippen LogP contribution in [0.15, 0.2) is 0 Å². The largest absolute Gasteiger partial charge is 0.415 e. The third-order valence-electron chi connectivity index (χ3n) is 2.98. The van der Waals surface area contributed by atoms with Crippen LogP contribution in [0.5, 0.6) is 0 Å². The van der Waals surface area contributed by atoms with Crippen molar-refractivity contribution < 1.29 is 61.5 Å². The fraction of sp³-hybridized carbons (Fsp3) is 1.00. The maximum atomic E-state index is 12.9. The van der Waals surface area contributed by atoms with E-state index in [2.05, 4.69) is 0 Å². The smallest absolute Gasteiger partial charge is 0.198 e. The van der Waals surface area contributed by atoms with Gasteiger partial charge in [-0.1, -0.05) is 0 Å². The highest BCUT2D eigenvalue weighted by molar-refractivity contribution is 5.29. The Bertz CT molecular complexity index is 393. The molecule has 0 spiro atoms. The maximum absolute atomic E-state index is 12.9. The lowest BCUT2D eigenvalue weighted by molar-refractivity contribution is -0.447. The van der Waals surface area contributed by atoms with Gasteiger partial charge in [-0.3, -0.25) is 0 Å². The molecule has 1 saturated carbocycles. The molecule has 0 aromatic carbocycles. The molecule has 0 heterocycles. The van der Waals surface area contributed by atoms with Crippen LogP contribution in [0.3, 0.4) is 0 Å². The molecular weight excluding hydrogens is 350 g/mol. The van der Waals surface area contributed by atoms with Gasteiger partial charge in [-0.05, 0) is 0 Å². The molecule has 1 aliphatic rings. The van der Waals surface area contributed by atoms with Gasteiger partial charge in [-0.15, -0.1) is 0 Å². The summed E-state index contributed by atoms with van der Waals surface area (Å²) in [5, 5.41) is 0. The van der Waals surface area contributed by atoms with E-state index in [1.54, 1.807) is 0 Å². The first-order valence-electron chi connectivity index (χ1n) is 4.40. The second kappa shape index (κ2) is 3.67. The van der Waals surface area contributed by atoms with E-state index < -0.39 is 41.5 Å². The first-order chi connectivity index (χ1) is 8.75. The average Bonchev–Trinajstić information content (AvgIpc) is 2.15. The van der Waals surface area contributed by atoms with Gasteiger partial charge in [0.1, 0.15) is 0 Å². The lowest BCUT2D eigenvalue weighted by Gasteiger charge is -2.40. The van der Waals surface area contributed by atoms with Gasteiger partial charge in [0.05, 0.1) is 0 Å². The lowest BCUT2D eigenvalue weighted by Crippen LogP contribution is -2.68. The quantitative estimate of drug-likeness (QED) is 0.558. The van der Waals surface area contributed by atoms with Crippen molar-refractivity contribution in [2.45, 2.75) is 36.0 Å². The van der Waals surface area contributed by atoms with Gasteiger partial charge in [0.2, 0.25) is 0 Å². The molecule has 0 N–H and O–H groups in total. The number of hydrogen-bond acceptors (Lipinski definition) is 0. The van der Waals surface area contributed by atoms with Crippen LogP contribution in [0, 0.1) is 5.41 Å². The Morgan fingerprint density at radius 1 is 0.381 bits per heavy atom. The highest BCUT2D eigenvalue weighted by atomic mass is 19.4. The molecule has 126 valence electrons. The summed E-state index contributed by atoms with van der Waals surface area (Å²) >= 11 is 0. The van der Waals surface area contributed by atoms with Crippen LogP contribution >= 0.6 is 0 Å². The van der Waals surface area contributed by atoms with Gasteiger partial charge in [-0.2, -0.15) is 61.5 Å². The van der Waals surface area contributed by atoms with Gasteiger partial charge in [0.15, 0.2) is 0 Å². The molecule has 21 heavy (non-hydrogen) atoms. The minimum Gasteiger partial charge on any atom is -0.198 e. The zero-order valence-corrected chi connectivity index (χ0v) is 8.79. The van der Waals surface area contributed by atoms with E-state index in [-0.39, 0.29) is 0 Å². The summed E-state index contributed by atoms with van der Waals surface area (Å²) in [4.78, 5) is 0. The van der Waals surface area contributed by atoms with Crippen LogP contribution in [0.2, 0.25) is 0 Å². The monoisotopic (exact) mass is 350 g/mol. The summed E-state index contributed by atoms with van der Waals surface area (Å²) in [5.41, 5.74) is -7.94. The fourth-order valence-corrected chi connectivity index (χ4v) is 1.94. The zero-order chi connectivity index (χ0) is 17.5. The number of halogens is 14. The van der Waals surface area contributed by atoms with Gasteiger partial charge in [0.25, 0.3) is 5.41 Å². The van der Waals surface area contributed by atoms with E-state index in [4.69, 9.17) is 0 Å². The van der Waals surface area contributed by atoms with Crippen molar-refractivity contribution in [2.24, 2.45) is 5.41 Å². The van der Waals surface area contributed by atoms with Crippen molar-refractivity contribution in [3.05, 3.63) is 0 Å². The number of hydrogen-bond donors (Lipinski definition) is 0. The van der Waals surface area contributed by atoms with Gasteiger partial charge in [0, 0.05) is 0 Å². The summed E-state index contributed by atoms with van der Waals surface area (Å²) < 4.78 is 175. The Hall–Kier alpha value is -0.980. The molecule has 1 fully saturated rings. The summed E-state index contributed by atoms with van der Waals surface area (Å²) in [6, 6.07) is 0. The highest BCUT2D eigenvalue weighted by Crippen LogP contribution is 2.79. The minimum atomic E-state index is -7.94. The third-order valence-corrected chi connectivity index (χ3v) is 2.98. The predicted molar refractivity (Wildman–Crippen MR) is 34.3 cm³/mol. The second-order valence-corrected chi connectivity index (χ2v) is 4.04. The van der Waals surface area contributed by atoms with Crippen LogP contribution < -0.4 is 0 Å². The molecule has 1 rings (SSSR count). The van der Waals surface area contributed by atoms with Crippen LogP contribution in [0.4, 0.5) is 61.5 Å². The summed E-state index contributed by atoms with van der Waals surface area (Å²) in [6.45, 7) is 0. The first-order valence-corrected chi connectivity index (χ1v) is 4.40. The summed E-state index contributed by atoms with van der Waals surface area (Å²) in [7, 11) is 0. The third kappa shape index (κ3) is 1.43. The molecule has 0 aromatic rings. The number of rotatable bonds is 0. The van der Waals surface area contributed by atoms with Gasteiger partial charge >= 0.3 is 36.0 Å². The van der Waals surface area contributed by atoms with Gasteiger partial charge < -0.3 is 0 Å². The van der Waals surface area contributed by atoms with E-state index in [1.165, 1.54) is 0 Å². The van der Waals surface area contributed by atoms with Gasteiger partial charge in [-0.25, -0.2) is 0 Å². The van der Waals surface area contributed by atoms with Crippen LogP contribution in [-0.4, -0.2) is 36.0 Å². The van der Waals surface area contributed by atoms with Crippen LogP contribution in [0.25, 0.3) is 0 Å². The van der Waals surface area contributed by atoms with Crippen LogP contribution in [-0.2, 0) is 0 Å². The fourth-order valence-electron chi connectivity index (χ4n) is 1.94. The Morgan fingerprint density at radius 2 is 0.571 bits per heavy atom. The van der Waals surface area contributed by atoms with E-state index in [1.807, 2.05) is 0 Å². The second-order valence-electron chi connectivity index (χ2n) is 4.04. The van der Waals surface area contributed by atoms with Crippen molar-refractivity contribution >= 4 is 0 Å². The molecule has 0 atom stereocenters.